The van der Waals surface area contributed by atoms with E-state index in [1.807, 2.05) is 20.8 Å². The van der Waals surface area contributed by atoms with Crippen LogP contribution in [0.2, 0.25) is 0 Å². The Morgan fingerprint density at radius 1 is 1.18 bits per heavy atom. The summed E-state index contributed by atoms with van der Waals surface area (Å²) in [4.78, 5) is 41.0. The zero-order valence-electron chi connectivity index (χ0n) is 16.4. The van der Waals surface area contributed by atoms with E-state index in [4.69, 9.17) is 0 Å². The minimum absolute atomic E-state index is 0.132. The first-order chi connectivity index (χ1) is 13.1. The molecule has 2 heterocycles. The molecular formula is C20H24N4O3S. The smallest absolute Gasteiger partial charge is 0.254 e. The molecule has 1 aliphatic rings. The van der Waals surface area contributed by atoms with Gasteiger partial charge in [0.2, 0.25) is 11.8 Å². The van der Waals surface area contributed by atoms with Crippen molar-refractivity contribution in [3.63, 3.8) is 0 Å². The summed E-state index contributed by atoms with van der Waals surface area (Å²) in [5, 5.41) is 6.22. The van der Waals surface area contributed by atoms with Crippen molar-refractivity contribution in [2.75, 3.05) is 16.4 Å². The zero-order chi connectivity index (χ0) is 20.5. The third-order valence-corrected chi connectivity index (χ3v) is 5.52. The lowest BCUT2D eigenvalue weighted by Crippen LogP contribution is -2.37. The molecule has 0 spiro atoms. The van der Waals surface area contributed by atoms with E-state index in [1.165, 1.54) is 18.7 Å². The second-order valence-electron chi connectivity index (χ2n) is 7.88. The van der Waals surface area contributed by atoms with E-state index in [0.717, 1.165) is 5.69 Å². The molecule has 8 heteroatoms. The number of thioether (sulfide) groups is 1. The van der Waals surface area contributed by atoms with Gasteiger partial charge in [-0.2, -0.15) is 0 Å². The molecule has 0 saturated carbocycles. The molecular weight excluding hydrogens is 376 g/mol. The molecule has 1 aromatic heterocycles. The van der Waals surface area contributed by atoms with E-state index >= 15 is 0 Å². The normalized spacial score (nSPS) is 16.2. The number of rotatable bonds is 3. The molecule has 1 aliphatic heterocycles. The fourth-order valence-corrected chi connectivity index (χ4v) is 3.97. The van der Waals surface area contributed by atoms with Crippen molar-refractivity contribution in [2.24, 2.45) is 5.92 Å². The Bertz CT molecular complexity index is 978. The zero-order valence-corrected chi connectivity index (χ0v) is 17.2. The molecule has 0 radical (unpaired) electrons. The topological polar surface area (TPSA) is 93.1 Å². The summed E-state index contributed by atoms with van der Waals surface area (Å²) in [6.45, 7) is 7.79. The number of fused-ring (bicyclic) bond motifs is 1. The molecule has 148 valence electrons. The lowest BCUT2D eigenvalue weighted by molar-refractivity contribution is -0.119. The van der Waals surface area contributed by atoms with Crippen molar-refractivity contribution in [1.29, 1.82) is 0 Å². The molecule has 2 N–H and O–H groups in total. The minimum atomic E-state index is -0.345. The summed E-state index contributed by atoms with van der Waals surface area (Å²) in [5.74, 6) is -0.130. The molecule has 7 nitrogen and oxygen atoms in total. The SMILES string of the molecule is CC(=O)Nc1cccc(NC(=O)C2CSc3nc(C(C)(C)C)cc(=O)n3C2)c1. The molecule has 1 atom stereocenters. The highest BCUT2D eigenvalue weighted by molar-refractivity contribution is 7.99. The minimum Gasteiger partial charge on any atom is -0.326 e. The van der Waals surface area contributed by atoms with Crippen LogP contribution in [-0.2, 0) is 21.5 Å². The van der Waals surface area contributed by atoms with E-state index in [0.29, 0.717) is 28.8 Å². The average Bonchev–Trinajstić information content (AvgIpc) is 2.60. The third kappa shape index (κ3) is 4.62. The van der Waals surface area contributed by atoms with Crippen LogP contribution in [0.4, 0.5) is 11.4 Å². The van der Waals surface area contributed by atoms with Gasteiger partial charge in [0.15, 0.2) is 5.16 Å². The first kappa shape index (κ1) is 20.1. The van der Waals surface area contributed by atoms with Gasteiger partial charge in [0.1, 0.15) is 0 Å². The summed E-state index contributed by atoms with van der Waals surface area (Å²) in [6, 6.07) is 8.53. The molecule has 1 aromatic carbocycles. The Morgan fingerprint density at radius 3 is 2.50 bits per heavy atom. The van der Waals surface area contributed by atoms with Crippen LogP contribution in [0.1, 0.15) is 33.4 Å². The third-order valence-electron chi connectivity index (χ3n) is 4.38. The predicted octanol–water partition coefficient (Wildman–Crippen LogP) is 2.86. The van der Waals surface area contributed by atoms with Gasteiger partial charge in [-0.1, -0.05) is 38.6 Å². The maximum absolute atomic E-state index is 12.7. The van der Waals surface area contributed by atoms with Gasteiger partial charge in [0, 0.05) is 42.1 Å². The molecule has 2 amide bonds. The lowest BCUT2D eigenvalue weighted by Gasteiger charge is -2.26. The number of nitrogens with one attached hydrogen (secondary N) is 2. The van der Waals surface area contributed by atoms with Crippen LogP contribution in [0.3, 0.4) is 0 Å². The number of anilines is 2. The van der Waals surface area contributed by atoms with Crippen molar-refractivity contribution < 1.29 is 9.59 Å². The van der Waals surface area contributed by atoms with E-state index in [-0.39, 0.29) is 28.7 Å². The summed E-state index contributed by atoms with van der Waals surface area (Å²) < 4.78 is 1.57. The van der Waals surface area contributed by atoms with E-state index < -0.39 is 0 Å². The Hall–Kier alpha value is -2.61. The summed E-state index contributed by atoms with van der Waals surface area (Å²) in [7, 11) is 0. The molecule has 3 rings (SSSR count). The van der Waals surface area contributed by atoms with Gasteiger partial charge in [-0.25, -0.2) is 4.98 Å². The lowest BCUT2D eigenvalue weighted by atomic mass is 9.92. The molecule has 0 fully saturated rings. The Morgan fingerprint density at radius 2 is 1.86 bits per heavy atom. The summed E-state index contributed by atoms with van der Waals surface area (Å²) in [5.41, 5.74) is 1.63. The van der Waals surface area contributed by atoms with Crippen LogP contribution in [0, 0.1) is 5.92 Å². The van der Waals surface area contributed by atoms with Crippen molar-refractivity contribution in [3.05, 3.63) is 46.4 Å². The molecule has 28 heavy (non-hydrogen) atoms. The predicted molar refractivity (Wildman–Crippen MR) is 111 cm³/mol. The highest BCUT2D eigenvalue weighted by atomic mass is 32.2. The maximum Gasteiger partial charge on any atom is 0.254 e. The van der Waals surface area contributed by atoms with Crippen LogP contribution in [0.15, 0.2) is 40.3 Å². The van der Waals surface area contributed by atoms with E-state index in [9.17, 15) is 14.4 Å². The standard InChI is InChI=1S/C20H24N4O3S/c1-12(25)21-14-6-5-7-15(8-14)22-18(27)13-10-24-17(26)9-16(20(2,3)4)23-19(24)28-11-13/h5-9,13H,10-11H2,1-4H3,(H,21,25)(H,22,27). The van der Waals surface area contributed by atoms with Gasteiger partial charge in [-0.15, -0.1) is 0 Å². The fourth-order valence-electron chi connectivity index (χ4n) is 2.88. The van der Waals surface area contributed by atoms with Crippen molar-refractivity contribution in [3.8, 4) is 0 Å². The summed E-state index contributed by atoms with van der Waals surface area (Å²) >= 11 is 1.43. The van der Waals surface area contributed by atoms with Crippen molar-refractivity contribution in [1.82, 2.24) is 9.55 Å². The van der Waals surface area contributed by atoms with Gasteiger partial charge < -0.3 is 10.6 Å². The fraction of sp³-hybridized carbons (Fsp3) is 0.400. The highest BCUT2D eigenvalue weighted by Crippen LogP contribution is 2.28. The molecule has 1 unspecified atom stereocenters. The quantitative estimate of drug-likeness (QED) is 0.773. The number of nitrogens with zero attached hydrogens (tertiary/aromatic N) is 2. The monoisotopic (exact) mass is 400 g/mol. The first-order valence-electron chi connectivity index (χ1n) is 9.07. The van der Waals surface area contributed by atoms with E-state index in [2.05, 4.69) is 15.6 Å². The molecule has 0 bridgehead atoms. The van der Waals surface area contributed by atoms with Crippen molar-refractivity contribution >= 4 is 35.0 Å². The Labute approximate surface area is 167 Å². The van der Waals surface area contributed by atoms with Crippen LogP contribution in [-0.4, -0.2) is 27.1 Å². The number of carbonyl (C=O) groups is 2. The van der Waals surface area contributed by atoms with Gasteiger partial charge in [0.25, 0.3) is 5.56 Å². The van der Waals surface area contributed by atoms with Gasteiger partial charge in [-0.05, 0) is 18.2 Å². The number of hydrogen-bond acceptors (Lipinski definition) is 5. The first-order valence-corrected chi connectivity index (χ1v) is 10.1. The largest absolute Gasteiger partial charge is 0.326 e. The van der Waals surface area contributed by atoms with E-state index in [1.54, 1.807) is 34.9 Å². The molecule has 0 aliphatic carbocycles. The highest BCUT2D eigenvalue weighted by Gasteiger charge is 2.28. The van der Waals surface area contributed by atoms with Gasteiger partial charge in [-0.3, -0.25) is 19.0 Å². The molecule has 0 saturated heterocycles. The Balaban J connectivity index is 1.74. The number of carbonyl (C=O) groups excluding carboxylic acids is 2. The van der Waals surface area contributed by atoms with Gasteiger partial charge in [0.05, 0.1) is 11.6 Å². The van der Waals surface area contributed by atoms with Crippen LogP contribution in [0.5, 0.6) is 0 Å². The van der Waals surface area contributed by atoms with Gasteiger partial charge >= 0.3 is 0 Å². The second-order valence-corrected chi connectivity index (χ2v) is 8.87. The van der Waals surface area contributed by atoms with Crippen LogP contribution in [0.25, 0.3) is 0 Å². The van der Waals surface area contributed by atoms with Crippen LogP contribution >= 0.6 is 11.8 Å². The Kier molecular flexibility index (Phi) is 5.60. The maximum atomic E-state index is 12.7. The molecule has 2 aromatic rings. The number of amides is 2. The van der Waals surface area contributed by atoms with Crippen molar-refractivity contribution in [2.45, 2.75) is 44.8 Å². The number of benzene rings is 1. The number of hydrogen-bond donors (Lipinski definition) is 2. The summed E-state index contributed by atoms with van der Waals surface area (Å²) in [6.07, 6.45) is 0. The number of aromatic nitrogens is 2. The second kappa shape index (κ2) is 7.79. The van der Waals surface area contributed by atoms with Crippen LogP contribution < -0.4 is 16.2 Å². The average molecular weight is 401 g/mol.